The number of aryl methyl sites for hydroxylation is 1. The van der Waals surface area contributed by atoms with E-state index in [0.717, 1.165) is 43.6 Å². The third-order valence-electron chi connectivity index (χ3n) is 8.41. The predicted octanol–water partition coefficient (Wildman–Crippen LogP) is 5.30. The van der Waals surface area contributed by atoms with Gasteiger partial charge in [-0.15, -0.1) is 0 Å². The number of nitriles is 1. The quantitative estimate of drug-likeness (QED) is 0.393. The Balaban J connectivity index is 1.72. The molecule has 0 spiro atoms. The Bertz CT molecular complexity index is 1660. The molecule has 0 aromatic carbocycles. The maximum Gasteiger partial charge on any atom is 0.410 e. The molecule has 2 atom stereocenters. The van der Waals surface area contributed by atoms with E-state index < -0.39 is 11.3 Å². The minimum absolute atomic E-state index is 0.0493. The second kappa shape index (κ2) is 12.1. The average Bonchev–Trinajstić information content (AvgIpc) is 2.97. The molecule has 3 aromatic heterocycles. The molecule has 0 bridgehead atoms. The molecule has 11 nitrogen and oxygen atoms in total. The van der Waals surface area contributed by atoms with Crippen molar-refractivity contribution in [2.75, 3.05) is 36.0 Å². The van der Waals surface area contributed by atoms with Gasteiger partial charge in [-0.25, -0.2) is 19.1 Å². The van der Waals surface area contributed by atoms with E-state index in [4.69, 9.17) is 9.72 Å². The minimum atomic E-state index is -0.607. The van der Waals surface area contributed by atoms with Gasteiger partial charge in [-0.2, -0.15) is 10.2 Å². The number of anilines is 2. The van der Waals surface area contributed by atoms with Gasteiger partial charge in [0.05, 0.1) is 22.3 Å². The van der Waals surface area contributed by atoms with Gasteiger partial charge < -0.3 is 19.4 Å². The Hall–Kier alpha value is -4.20. The van der Waals surface area contributed by atoms with Crippen LogP contribution in [0.1, 0.15) is 90.5 Å². The van der Waals surface area contributed by atoms with Gasteiger partial charge in [-0.05, 0) is 84.4 Å². The lowest BCUT2D eigenvalue weighted by Crippen LogP contribution is -2.59. The SMILES string of the molecule is Cc1ccnc(C(C)C)c1-n1c(=O)nc(N2C[C@@H](C)N(C(=O)OC(C)(C)C)C[C@@H]2C)c2cc(C#N)c(N3CCCCC3)nc21. The van der Waals surface area contributed by atoms with Crippen LogP contribution in [-0.2, 0) is 4.74 Å². The van der Waals surface area contributed by atoms with Gasteiger partial charge >= 0.3 is 11.8 Å². The monoisotopic (exact) mass is 600 g/mol. The molecular weight excluding hydrogens is 556 g/mol. The fourth-order valence-electron chi connectivity index (χ4n) is 6.25. The highest BCUT2D eigenvalue weighted by atomic mass is 16.6. The number of ether oxygens (including phenoxy) is 1. The second-order valence-corrected chi connectivity index (χ2v) is 13.4. The molecule has 2 aliphatic heterocycles. The van der Waals surface area contributed by atoms with Crippen LogP contribution < -0.4 is 15.5 Å². The van der Waals surface area contributed by atoms with Crippen molar-refractivity contribution in [2.24, 2.45) is 0 Å². The van der Waals surface area contributed by atoms with Gasteiger partial charge in [-0.1, -0.05) is 13.8 Å². The highest BCUT2D eigenvalue weighted by Crippen LogP contribution is 2.34. The number of pyridine rings is 2. The zero-order valence-electron chi connectivity index (χ0n) is 27.2. The van der Waals surface area contributed by atoms with Gasteiger partial charge in [0.25, 0.3) is 0 Å². The van der Waals surface area contributed by atoms with Gasteiger partial charge in [0, 0.05) is 44.5 Å². The molecule has 0 saturated carbocycles. The first kappa shape index (κ1) is 31.2. The van der Waals surface area contributed by atoms with E-state index in [1.165, 1.54) is 0 Å². The average molecular weight is 601 g/mol. The number of piperidine rings is 1. The molecule has 5 rings (SSSR count). The van der Waals surface area contributed by atoms with E-state index in [9.17, 15) is 14.9 Å². The van der Waals surface area contributed by atoms with Gasteiger partial charge in [-0.3, -0.25) is 4.98 Å². The number of carbonyl (C=O) groups excluding carboxylic acids is 1. The lowest BCUT2D eigenvalue weighted by atomic mass is 10.0. The zero-order chi connectivity index (χ0) is 31.9. The molecule has 0 N–H and O–H groups in total. The standard InChI is InChI=1S/C33H44N8O3/c1-20(2)26-27(21(3)12-13-35-26)41-30-25(16-24(17-34)28(36-30)38-14-10-9-11-15-38)29(37-31(41)42)39-18-23(5)40(19-22(39)4)32(43)44-33(6,7)8/h12-13,16,20,22-23H,9-11,14-15,18-19H2,1-8H3/t22-,23+/m0/s1. The van der Waals surface area contributed by atoms with Crippen LogP contribution in [0.25, 0.3) is 16.7 Å². The van der Waals surface area contributed by atoms with Crippen LogP contribution in [0, 0.1) is 18.3 Å². The normalized spacial score (nSPS) is 19.4. The molecule has 44 heavy (non-hydrogen) atoms. The van der Waals surface area contributed by atoms with E-state index in [1.807, 2.05) is 67.5 Å². The maximum absolute atomic E-state index is 14.2. The fraction of sp³-hybridized carbons (Fsp3) is 0.576. The number of carbonyl (C=O) groups is 1. The summed E-state index contributed by atoms with van der Waals surface area (Å²) in [6.45, 7) is 18.0. The number of fused-ring (bicyclic) bond motifs is 1. The number of nitrogens with zero attached hydrogens (tertiary/aromatic N) is 8. The van der Waals surface area contributed by atoms with Crippen LogP contribution in [-0.4, -0.2) is 74.4 Å². The van der Waals surface area contributed by atoms with Gasteiger partial charge in [0.15, 0.2) is 5.65 Å². The van der Waals surface area contributed by atoms with Gasteiger partial charge in [0.1, 0.15) is 23.3 Å². The molecular formula is C33H44N8O3. The topological polar surface area (TPSA) is 120 Å². The Morgan fingerprint density at radius 2 is 1.77 bits per heavy atom. The summed E-state index contributed by atoms with van der Waals surface area (Å²) in [5.74, 6) is 1.10. The minimum Gasteiger partial charge on any atom is -0.444 e. The number of piperazine rings is 1. The van der Waals surface area contributed by atoms with Crippen LogP contribution in [0.3, 0.4) is 0 Å². The molecule has 2 fully saturated rings. The van der Waals surface area contributed by atoms with Crippen LogP contribution in [0.15, 0.2) is 23.1 Å². The molecule has 5 heterocycles. The van der Waals surface area contributed by atoms with Crippen molar-refractivity contribution in [3.63, 3.8) is 0 Å². The van der Waals surface area contributed by atoms with Crippen molar-refractivity contribution in [2.45, 2.75) is 98.3 Å². The molecule has 1 amide bonds. The number of aromatic nitrogens is 4. The summed E-state index contributed by atoms with van der Waals surface area (Å²) in [5.41, 5.74) is 2.18. The number of hydrogen-bond donors (Lipinski definition) is 0. The third kappa shape index (κ3) is 5.94. The summed E-state index contributed by atoms with van der Waals surface area (Å²) in [4.78, 5) is 47.6. The molecule has 0 unspecified atom stereocenters. The first-order valence-electron chi connectivity index (χ1n) is 15.7. The van der Waals surface area contributed by atoms with E-state index >= 15 is 0 Å². The lowest BCUT2D eigenvalue weighted by molar-refractivity contribution is 0.0130. The van der Waals surface area contributed by atoms with Gasteiger partial charge in [0.2, 0.25) is 0 Å². The molecule has 0 aliphatic carbocycles. The lowest BCUT2D eigenvalue weighted by Gasteiger charge is -2.44. The summed E-state index contributed by atoms with van der Waals surface area (Å²) in [6, 6.07) is 5.72. The van der Waals surface area contributed by atoms with Crippen molar-refractivity contribution in [1.82, 2.24) is 24.4 Å². The first-order chi connectivity index (χ1) is 20.8. The molecule has 2 saturated heterocycles. The second-order valence-electron chi connectivity index (χ2n) is 13.4. The molecule has 2 aliphatic rings. The maximum atomic E-state index is 14.2. The van der Waals surface area contributed by atoms with E-state index in [2.05, 4.69) is 25.8 Å². The summed E-state index contributed by atoms with van der Waals surface area (Å²) in [6.07, 6.45) is 4.59. The first-order valence-corrected chi connectivity index (χ1v) is 15.7. The van der Waals surface area contributed by atoms with Crippen molar-refractivity contribution in [3.8, 4) is 11.8 Å². The highest BCUT2D eigenvalue weighted by Gasteiger charge is 2.36. The van der Waals surface area contributed by atoms with E-state index in [1.54, 1.807) is 15.7 Å². The smallest absolute Gasteiger partial charge is 0.410 e. The van der Waals surface area contributed by atoms with Crippen LogP contribution in [0.5, 0.6) is 0 Å². The predicted molar refractivity (Wildman–Crippen MR) is 172 cm³/mol. The Morgan fingerprint density at radius 3 is 2.41 bits per heavy atom. The summed E-state index contributed by atoms with van der Waals surface area (Å²) in [7, 11) is 0. The largest absolute Gasteiger partial charge is 0.444 e. The molecule has 234 valence electrons. The van der Waals surface area contributed by atoms with Crippen molar-refractivity contribution in [3.05, 3.63) is 45.6 Å². The van der Waals surface area contributed by atoms with Crippen molar-refractivity contribution in [1.29, 1.82) is 5.26 Å². The number of rotatable bonds is 4. The molecule has 11 heteroatoms. The van der Waals surface area contributed by atoms with Crippen LogP contribution >= 0.6 is 0 Å². The Kier molecular flexibility index (Phi) is 8.56. The molecule has 0 radical (unpaired) electrons. The Morgan fingerprint density at radius 1 is 1.07 bits per heavy atom. The zero-order valence-corrected chi connectivity index (χ0v) is 27.2. The Labute approximate surface area is 259 Å². The summed E-state index contributed by atoms with van der Waals surface area (Å²) < 4.78 is 7.26. The van der Waals surface area contributed by atoms with E-state index in [-0.39, 0.29) is 24.1 Å². The van der Waals surface area contributed by atoms with Crippen molar-refractivity contribution < 1.29 is 9.53 Å². The summed E-state index contributed by atoms with van der Waals surface area (Å²) >= 11 is 0. The number of amides is 1. The van der Waals surface area contributed by atoms with Crippen LogP contribution in [0.4, 0.5) is 16.4 Å². The molecule has 3 aromatic rings. The third-order valence-corrected chi connectivity index (χ3v) is 8.41. The summed E-state index contributed by atoms with van der Waals surface area (Å²) in [5, 5.41) is 10.9. The van der Waals surface area contributed by atoms with Crippen LogP contribution in [0.2, 0.25) is 0 Å². The highest BCUT2D eigenvalue weighted by molar-refractivity contribution is 5.91. The van der Waals surface area contributed by atoms with E-state index in [0.29, 0.717) is 47.0 Å². The van der Waals surface area contributed by atoms with Crippen molar-refractivity contribution >= 4 is 28.8 Å². The number of hydrogen-bond acceptors (Lipinski definition) is 9. The fourth-order valence-corrected chi connectivity index (χ4v) is 6.25.